The van der Waals surface area contributed by atoms with Crippen molar-refractivity contribution >= 4 is 11.4 Å². The molecule has 1 N–H and O–H groups in total. The quantitative estimate of drug-likeness (QED) is 0.849. The first-order chi connectivity index (χ1) is 9.84. The number of benzene rings is 2. The van der Waals surface area contributed by atoms with Gasteiger partial charge < -0.3 is 10.2 Å². The molecule has 0 radical (unpaired) electrons. The number of hydrogen-bond acceptors (Lipinski definition) is 2. The van der Waals surface area contributed by atoms with Crippen LogP contribution in [0.5, 0.6) is 0 Å². The largest absolute Gasteiger partial charge is 0.338 e. The summed E-state index contributed by atoms with van der Waals surface area (Å²) in [7, 11) is 0. The van der Waals surface area contributed by atoms with Crippen LogP contribution in [0.1, 0.15) is 23.6 Å². The average Bonchev–Trinajstić information content (AvgIpc) is 2.82. The number of rotatable bonds is 1. The van der Waals surface area contributed by atoms with Crippen molar-refractivity contribution < 1.29 is 0 Å². The molecule has 2 nitrogen and oxygen atoms in total. The minimum absolute atomic E-state index is 0.542. The summed E-state index contributed by atoms with van der Waals surface area (Å²) in [6, 6.07) is 16.1. The highest BCUT2D eigenvalue weighted by atomic mass is 15.2. The zero-order chi connectivity index (χ0) is 13.5. The van der Waals surface area contributed by atoms with Crippen molar-refractivity contribution in [2.24, 2.45) is 0 Å². The third-order valence-electron chi connectivity index (χ3n) is 4.59. The number of nitrogens with one attached hydrogen (secondary N) is 1. The summed E-state index contributed by atoms with van der Waals surface area (Å²) >= 11 is 0. The molecular weight excluding hydrogens is 244 g/mol. The Bertz CT molecular complexity index is 648. The molecule has 2 aliphatic heterocycles. The van der Waals surface area contributed by atoms with Gasteiger partial charge in [0.15, 0.2) is 0 Å². The SMILES string of the molecule is CC1Cc2ccccc2N1c1cccc2c1CNCC2. The molecule has 2 aromatic carbocycles. The van der Waals surface area contributed by atoms with Gasteiger partial charge in [0.2, 0.25) is 0 Å². The number of para-hydroxylation sites is 1. The van der Waals surface area contributed by atoms with Crippen LogP contribution in [0.4, 0.5) is 11.4 Å². The molecule has 0 saturated heterocycles. The third-order valence-corrected chi connectivity index (χ3v) is 4.59. The summed E-state index contributed by atoms with van der Waals surface area (Å²) in [5.41, 5.74) is 7.26. The summed E-state index contributed by atoms with van der Waals surface area (Å²) in [6.45, 7) is 4.43. The van der Waals surface area contributed by atoms with E-state index < -0.39 is 0 Å². The molecule has 4 rings (SSSR count). The zero-order valence-corrected chi connectivity index (χ0v) is 11.9. The molecule has 1 atom stereocenters. The number of nitrogens with zero attached hydrogens (tertiary/aromatic N) is 1. The second-order valence-electron chi connectivity index (χ2n) is 5.89. The van der Waals surface area contributed by atoms with E-state index in [1.807, 2.05) is 0 Å². The summed E-state index contributed by atoms with van der Waals surface area (Å²) < 4.78 is 0. The highest BCUT2D eigenvalue weighted by molar-refractivity contribution is 5.74. The van der Waals surface area contributed by atoms with Crippen molar-refractivity contribution in [3.8, 4) is 0 Å². The fourth-order valence-electron chi connectivity index (χ4n) is 3.65. The third kappa shape index (κ3) is 1.75. The molecule has 20 heavy (non-hydrogen) atoms. The lowest BCUT2D eigenvalue weighted by Gasteiger charge is -2.30. The standard InChI is InChI=1S/C18H20N2/c1-13-11-15-5-2-3-7-17(15)20(13)18-8-4-6-14-9-10-19-12-16(14)18/h2-8,13,19H,9-12H2,1H3. The topological polar surface area (TPSA) is 15.3 Å². The van der Waals surface area contributed by atoms with E-state index in [0.717, 1.165) is 25.9 Å². The van der Waals surface area contributed by atoms with Crippen molar-refractivity contribution in [3.63, 3.8) is 0 Å². The Kier molecular flexibility index (Phi) is 2.78. The zero-order valence-electron chi connectivity index (χ0n) is 11.9. The molecule has 2 aliphatic rings. The van der Waals surface area contributed by atoms with Crippen LogP contribution in [-0.4, -0.2) is 12.6 Å². The number of anilines is 2. The first kappa shape index (κ1) is 12.0. The van der Waals surface area contributed by atoms with Crippen molar-refractivity contribution in [3.05, 3.63) is 59.2 Å². The van der Waals surface area contributed by atoms with E-state index in [1.165, 1.54) is 28.1 Å². The highest BCUT2D eigenvalue weighted by Crippen LogP contribution is 2.40. The predicted octanol–water partition coefficient (Wildman–Crippen LogP) is 3.42. The van der Waals surface area contributed by atoms with Crippen LogP contribution >= 0.6 is 0 Å². The van der Waals surface area contributed by atoms with E-state index >= 15 is 0 Å². The lowest BCUT2D eigenvalue weighted by atomic mass is 9.98. The molecule has 0 amide bonds. The number of fused-ring (bicyclic) bond motifs is 2. The van der Waals surface area contributed by atoms with Crippen molar-refractivity contribution in [1.29, 1.82) is 0 Å². The molecule has 102 valence electrons. The summed E-state index contributed by atoms with van der Waals surface area (Å²) in [5, 5.41) is 3.52. The van der Waals surface area contributed by atoms with Gasteiger partial charge in [0, 0.05) is 24.0 Å². The van der Waals surface area contributed by atoms with E-state index in [0.29, 0.717) is 6.04 Å². The van der Waals surface area contributed by atoms with Gasteiger partial charge in [-0.25, -0.2) is 0 Å². The molecule has 0 aromatic heterocycles. The minimum Gasteiger partial charge on any atom is -0.338 e. The van der Waals surface area contributed by atoms with Crippen molar-refractivity contribution in [2.45, 2.75) is 32.4 Å². The van der Waals surface area contributed by atoms with Gasteiger partial charge in [-0.2, -0.15) is 0 Å². The molecule has 0 spiro atoms. The van der Waals surface area contributed by atoms with Crippen LogP contribution in [0.25, 0.3) is 0 Å². The monoisotopic (exact) mass is 264 g/mol. The molecule has 0 fully saturated rings. The molecule has 1 unspecified atom stereocenters. The van der Waals surface area contributed by atoms with Gasteiger partial charge in [-0.15, -0.1) is 0 Å². The molecule has 0 aliphatic carbocycles. The fraction of sp³-hybridized carbons (Fsp3) is 0.333. The van der Waals surface area contributed by atoms with Crippen LogP contribution in [-0.2, 0) is 19.4 Å². The van der Waals surface area contributed by atoms with Gasteiger partial charge in [0.25, 0.3) is 0 Å². The summed E-state index contributed by atoms with van der Waals surface area (Å²) in [5.74, 6) is 0. The lowest BCUT2D eigenvalue weighted by molar-refractivity contribution is 0.639. The van der Waals surface area contributed by atoms with Crippen molar-refractivity contribution in [1.82, 2.24) is 5.32 Å². The van der Waals surface area contributed by atoms with Crippen molar-refractivity contribution in [2.75, 3.05) is 11.4 Å². The van der Waals surface area contributed by atoms with Gasteiger partial charge in [0.05, 0.1) is 0 Å². The van der Waals surface area contributed by atoms with Gasteiger partial charge in [-0.05, 0) is 55.1 Å². The second-order valence-corrected chi connectivity index (χ2v) is 5.89. The van der Waals surface area contributed by atoms with E-state index in [4.69, 9.17) is 0 Å². The molecule has 2 aromatic rings. The highest BCUT2D eigenvalue weighted by Gasteiger charge is 2.29. The maximum Gasteiger partial charge on any atom is 0.0461 e. The molecule has 2 heterocycles. The van der Waals surface area contributed by atoms with Crippen LogP contribution in [0.2, 0.25) is 0 Å². The van der Waals surface area contributed by atoms with Crippen LogP contribution in [0.15, 0.2) is 42.5 Å². The molecule has 0 bridgehead atoms. The smallest absolute Gasteiger partial charge is 0.0461 e. The second kappa shape index (κ2) is 4.64. The van der Waals surface area contributed by atoms with E-state index in [1.54, 1.807) is 0 Å². The van der Waals surface area contributed by atoms with Crippen LogP contribution in [0.3, 0.4) is 0 Å². The van der Waals surface area contributed by atoms with Gasteiger partial charge in [-0.3, -0.25) is 0 Å². The first-order valence-corrected chi connectivity index (χ1v) is 7.53. The Labute approximate surface area is 120 Å². The van der Waals surface area contributed by atoms with Gasteiger partial charge in [-0.1, -0.05) is 30.3 Å². The predicted molar refractivity (Wildman–Crippen MR) is 83.6 cm³/mol. The average molecular weight is 264 g/mol. The van der Waals surface area contributed by atoms with Crippen LogP contribution < -0.4 is 10.2 Å². The van der Waals surface area contributed by atoms with Gasteiger partial charge >= 0.3 is 0 Å². The Morgan fingerprint density at radius 2 is 1.80 bits per heavy atom. The Hall–Kier alpha value is -1.80. The Morgan fingerprint density at radius 1 is 1.00 bits per heavy atom. The lowest BCUT2D eigenvalue weighted by Crippen LogP contribution is -2.29. The number of hydrogen-bond donors (Lipinski definition) is 1. The molecule has 0 saturated carbocycles. The minimum atomic E-state index is 0.542. The summed E-state index contributed by atoms with van der Waals surface area (Å²) in [4.78, 5) is 2.53. The molecular formula is C18H20N2. The first-order valence-electron chi connectivity index (χ1n) is 7.53. The molecule has 2 heteroatoms. The van der Waals surface area contributed by atoms with E-state index in [-0.39, 0.29) is 0 Å². The Morgan fingerprint density at radius 3 is 2.75 bits per heavy atom. The van der Waals surface area contributed by atoms with Gasteiger partial charge in [0.1, 0.15) is 0 Å². The normalized spacial score (nSPS) is 20.6. The fourth-order valence-corrected chi connectivity index (χ4v) is 3.65. The van der Waals surface area contributed by atoms with Crippen LogP contribution in [0, 0.1) is 0 Å². The van der Waals surface area contributed by atoms with E-state index in [9.17, 15) is 0 Å². The Balaban J connectivity index is 1.86. The maximum atomic E-state index is 3.52. The summed E-state index contributed by atoms with van der Waals surface area (Å²) in [6.07, 6.45) is 2.29. The van der Waals surface area contributed by atoms with E-state index in [2.05, 4.69) is 59.6 Å². The maximum absolute atomic E-state index is 3.52.